The van der Waals surface area contributed by atoms with E-state index >= 15 is 0 Å². The molecule has 1 N–H and O–H groups in total. The van der Waals surface area contributed by atoms with E-state index < -0.39 is 0 Å². The molecule has 0 heterocycles. The van der Waals surface area contributed by atoms with Crippen LogP contribution in [0.1, 0.15) is 31.2 Å². The third kappa shape index (κ3) is 2.78. The smallest absolute Gasteiger partial charge is 0.269 e. The Labute approximate surface area is 113 Å². The molecule has 2 saturated carbocycles. The summed E-state index contributed by atoms with van der Waals surface area (Å²) in [6.45, 7) is 0.978. The summed E-state index contributed by atoms with van der Waals surface area (Å²) in [4.78, 5) is 10.2. The zero-order valence-electron chi connectivity index (χ0n) is 11.0. The van der Waals surface area contributed by atoms with Crippen LogP contribution in [-0.2, 0) is 6.42 Å². The van der Waals surface area contributed by atoms with Gasteiger partial charge in [0.1, 0.15) is 0 Å². The number of non-ortho nitro benzene ring substituents is 1. The SMILES string of the molecule is O=[N+]([O-])c1ccc(CCN[C@@H]2C[C@@H]3CC[C@@H]2C3)cc1. The molecule has 0 radical (unpaired) electrons. The third-order valence-electron chi connectivity index (χ3n) is 4.71. The van der Waals surface area contributed by atoms with Crippen molar-refractivity contribution < 1.29 is 4.92 Å². The van der Waals surface area contributed by atoms with E-state index in [9.17, 15) is 10.1 Å². The number of fused-ring (bicyclic) bond motifs is 2. The molecular formula is C15H20N2O2. The molecule has 1 aromatic carbocycles. The van der Waals surface area contributed by atoms with Crippen LogP contribution in [-0.4, -0.2) is 17.5 Å². The molecule has 0 unspecified atom stereocenters. The maximum atomic E-state index is 10.6. The second-order valence-corrected chi connectivity index (χ2v) is 5.91. The average molecular weight is 260 g/mol. The van der Waals surface area contributed by atoms with Gasteiger partial charge in [-0.25, -0.2) is 0 Å². The van der Waals surface area contributed by atoms with E-state index in [2.05, 4.69) is 5.32 Å². The Morgan fingerprint density at radius 2 is 2.00 bits per heavy atom. The van der Waals surface area contributed by atoms with Crippen LogP contribution in [0, 0.1) is 22.0 Å². The molecule has 102 valence electrons. The van der Waals surface area contributed by atoms with Gasteiger partial charge in [-0.15, -0.1) is 0 Å². The van der Waals surface area contributed by atoms with E-state index in [1.165, 1.54) is 31.2 Å². The highest BCUT2D eigenvalue weighted by Crippen LogP contribution is 2.44. The summed E-state index contributed by atoms with van der Waals surface area (Å²) in [6, 6.07) is 7.62. The molecule has 0 saturated heterocycles. The van der Waals surface area contributed by atoms with Crippen molar-refractivity contribution in [1.82, 2.24) is 5.32 Å². The Kier molecular flexibility index (Phi) is 3.51. The summed E-state index contributed by atoms with van der Waals surface area (Å²) in [5, 5.41) is 14.2. The molecule has 3 rings (SSSR count). The van der Waals surface area contributed by atoms with E-state index in [4.69, 9.17) is 0 Å². The summed E-state index contributed by atoms with van der Waals surface area (Å²) in [6.07, 6.45) is 6.57. The highest BCUT2D eigenvalue weighted by molar-refractivity contribution is 5.32. The molecule has 2 aliphatic carbocycles. The van der Waals surface area contributed by atoms with Gasteiger partial charge in [0.05, 0.1) is 4.92 Å². The fraction of sp³-hybridized carbons (Fsp3) is 0.600. The first kappa shape index (κ1) is 12.6. The second kappa shape index (κ2) is 5.29. The summed E-state index contributed by atoms with van der Waals surface area (Å²) in [7, 11) is 0. The molecular weight excluding hydrogens is 240 g/mol. The molecule has 2 aliphatic rings. The first-order valence-corrected chi connectivity index (χ1v) is 7.19. The number of hydrogen-bond acceptors (Lipinski definition) is 3. The van der Waals surface area contributed by atoms with Crippen molar-refractivity contribution in [3.8, 4) is 0 Å². The topological polar surface area (TPSA) is 55.2 Å². The van der Waals surface area contributed by atoms with Gasteiger partial charge in [-0.3, -0.25) is 10.1 Å². The van der Waals surface area contributed by atoms with Gasteiger partial charge in [-0.05, 0) is 49.6 Å². The lowest BCUT2D eigenvalue weighted by molar-refractivity contribution is -0.384. The quantitative estimate of drug-likeness (QED) is 0.654. The zero-order valence-corrected chi connectivity index (χ0v) is 11.0. The Hall–Kier alpha value is -1.42. The van der Waals surface area contributed by atoms with Crippen molar-refractivity contribution in [1.29, 1.82) is 0 Å². The van der Waals surface area contributed by atoms with Crippen molar-refractivity contribution in [2.45, 2.75) is 38.1 Å². The molecule has 19 heavy (non-hydrogen) atoms. The van der Waals surface area contributed by atoms with Crippen LogP contribution in [0.25, 0.3) is 0 Å². The van der Waals surface area contributed by atoms with Crippen LogP contribution in [0.4, 0.5) is 5.69 Å². The summed E-state index contributed by atoms with van der Waals surface area (Å²) in [5.74, 6) is 1.88. The van der Waals surface area contributed by atoms with Gasteiger partial charge in [0.15, 0.2) is 0 Å². The number of nitro benzene ring substituents is 1. The monoisotopic (exact) mass is 260 g/mol. The zero-order chi connectivity index (χ0) is 13.2. The lowest BCUT2D eigenvalue weighted by atomic mass is 9.95. The first-order chi connectivity index (χ1) is 9.22. The number of rotatable bonds is 5. The summed E-state index contributed by atoms with van der Waals surface area (Å²) < 4.78 is 0. The maximum absolute atomic E-state index is 10.6. The van der Waals surface area contributed by atoms with Crippen molar-refractivity contribution >= 4 is 5.69 Å². The van der Waals surface area contributed by atoms with Crippen LogP contribution < -0.4 is 5.32 Å². The lowest BCUT2D eigenvalue weighted by Gasteiger charge is -2.22. The molecule has 0 amide bonds. The molecule has 3 atom stereocenters. The first-order valence-electron chi connectivity index (χ1n) is 7.19. The van der Waals surface area contributed by atoms with Crippen molar-refractivity contribution in [2.75, 3.05) is 6.54 Å². The molecule has 0 aliphatic heterocycles. The number of benzene rings is 1. The predicted molar refractivity (Wildman–Crippen MR) is 74.0 cm³/mol. The second-order valence-electron chi connectivity index (χ2n) is 5.91. The average Bonchev–Trinajstić information content (AvgIpc) is 3.02. The molecule has 4 heteroatoms. The Morgan fingerprint density at radius 3 is 2.58 bits per heavy atom. The van der Waals surface area contributed by atoms with Crippen molar-refractivity contribution in [3.05, 3.63) is 39.9 Å². The highest BCUT2D eigenvalue weighted by atomic mass is 16.6. The van der Waals surface area contributed by atoms with Gasteiger partial charge < -0.3 is 5.32 Å². The minimum absolute atomic E-state index is 0.171. The minimum atomic E-state index is -0.350. The van der Waals surface area contributed by atoms with E-state index in [1.54, 1.807) is 12.1 Å². The van der Waals surface area contributed by atoms with Gasteiger partial charge in [0.25, 0.3) is 5.69 Å². The number of nitrogens with zero attached hydrogens (tertiary/aromatic N) is 1. The van der Waals surface area contributed by atoms with Crippen molar-refractivity contribution in [3.63, 3.8) is 0 Å². The van der Waals surface area contributed by atoms with Crippen LogP contribution >= 0.6 is 0 Å². The molecule has 1 aromatic rings. The van der Waals surface area contributed by atoms with Gasteiger partial charge in [-0.1, -0.05) is 18.6 Å². The summed E-state index contributed by atoms with van der Waals surface area (Å²) >= 11 is 0. The number of nitro groups is 1. The van der Waals surface area contributed by atoms with E-state index in [-0.39, 0.29) is 10.6 Å². The number of hydrogen-bond donors (Lipinski definition) is 1. The van der Waals surface area contributed by atoms with Gasteiger partial charge in [-0.2, -0.15) is 0 Å². The Balaban J connectivity index is 1.46. The normalized spacial score (nSPS) is 28.7. The molecule has 0 spiro atoms. The fourth-order valence-corrected chi connectivity index (χ4v) is 3.68. The van der Waals surface area contributed by atoms with E-state index in [0.29, 0.717) is 0 Å². The number of nitrogens with one attached hydrogen (secondary N) is 1. The van der Waals surface area contributed by atoms with Crippen LogP contribution in [0.5, 0.6) is 0 Å². The Morgan fingerprint density at radius 1 is 1.21 bits per heavy atom. The maximum Gasteiger partial charge on any atom is 0.269 e. The highest BCUT2D eigenvalue weighted by Gasteiger charge is 2.38. The Bertz CT molecular complexity index is 458. The van der Waals surface area contributed by atoms with Gasteiger partial charge >= 0.3 is 0 Å². The minimum Gasteiger partial charge on any atom is -0.313 e. The van der Waals surface area contributed by atoms with Crippen LogP contribution in [0.15, 0.2) is 24.3 Å². The standard InChI is InChI=1S/C15H20N2O2/c18-17(19)14-5-2-11(3-6-14)7-8-16-15-10-12-1-4-13(15)9-12/h2-3,5-6,12-13,15-16H,1,4,7-10H2/t12-,13-,15-/m1/s1. The lowest BCUT2D eigenvalue weighted by Crippen LogP contribution is -2.35. The van der Waals surface area contributed by atoms with Gasteiger partial charge in [0.2, 0.25) is 0 Å². The fourth-order valence-electron chi connectivity index (χ4n) is 3.68. The van der Waals surface area contributed by atoms with E-state index in [1.807, 2.05) is 12.1 Å². The van der Waals surface area contributed by atoms with Crippen LogP contribution in [0.2, 0.25) is 0 Å². The molecule has 4 nitrogen and oxygen atoms in total. The summed E-state index contributed by atoms with van der Waals surface area (Å²) in [5.41, 5.74) is 1.34. The van der Waals surface area contributed by atoms with E-state index in [0.717, 1.165) is 30.8 Å². The van der Waals surface area contributed by atoms with Gasteiger partial charge in [0, 0.05) is 18.2 Å². The molecule has 0 aromatic heterocycles. The van der Waals surface area contributed by atoms with Crippen molar-refractivity contribution in [2.24, 2.45) is 11.8 Å². The third-order valence-corrected chi connectivity index (χ3v) is 4.71. The molecule has 2 fully saturated rings. The molecule has 2 bridgehead atoms. The largest absolute Gasteiger partial charge is 0.313 e. The predicted octanol–water partition coefficient (Wildman–Crippen LogP) is 2.92. The van der Waals surface area contributed by atoms with Crippen LogP contribution in [0.3, 0.4) is 0 Å².